The number of amides is 3. The molecule has 8 heteroatoms. The van der Waals surface area contributed by atoms with Crippen molar-refractivity contribution in [2.24, 2.45) is 0 Å². The number of rotatable bonds is 4. The number of nitrogens with one attached hydrogen (secondary N) is 2. The Balaban J connectivity index is 2.12. The number of urea groups is 1. The average Bonchev–Trinajstić information content (AvgIpc) is 2.50. The Bertz CT molecular complexity index is 803. The highest BCUT2D eigenvalue weighted by Gasteiger charge is 2.12. The maximum Gasteiger partial charge on any atom is 0.321 e. The van der Waals surface area contributed by atoms with Crippen molar-refractivity contribution in [3.05, 3.63) is 39.4 Å². The van der Waals surface area contributed by atoms with Crippen molar-refractivity contribution in [2.45, 2.75) is 32.9 Å². The van der Waals surface area contributed by atoms with Gasteiger partial charge < -0.3 is 5.32 Å². The van der Waals surface area contributed by atoms with Gasteiger partial charge in [0.1, 0.15) is 6.54 Å². The third-order valence-corrected chi connectivity index (χ3v) is 3.84. The number of carbonyl (C=O) groups excluding carboxylic acids is 2. The Morgan fingerprint density at radius 3 is 2.83 bits per heavy atom. The van der Waals surface area contributed by atoms with Crippen LogP contribution >= 0.6 is 15.9 Å². The van der Waals surface area contributed by atoms with Crippen LogP contribution in [0.15, 0.2) is 33.8 Å². The standard InChI is InChI=1S/C15H17BrN4O3/c1-3-9(2)18-15(23)19-13(21)7-20-8-17-12-5-4-10(16)6-11(12)14(20)22/h4-6,8-9H,3,7H2,1-2H3,(H2,18,19,21,23)/t9-/m1/s1. The summed E-state index contributed by atoms with van der Waals surface area (Å²) in [4.78, 5) is 40.0. The molecule has 0 aliphatic heterocycles. The molecule has 0 fully saturated rings. The minimum Gasteiger partial charge on any atom is -0.335 e. The van der Waals surface area contributed by atoms with Crippen LogP contribution < -0.4 is 16.2 Å². The molecule has 7 nitrogen and oxygen atoms in total. The summed E-state index contributed by atoms with van der Waals surface area (Å²) in [5, 5.41) is 5.21. The number of nitrogens with zero attached hydrogens (tertiary/aromatic N) is 2. The fourth-order valence-corrected chi connectivity index (χ4v) is 2.29. The number of hydrogen-bond acceptors (Lipinski definition) is 4. The van der Waals surface area contributed by atoms with E-state index < -0.39 is 11.9 Å². The molecule has 3 amide bonds. The third kappa shape index (κ3) is 4.38. The molecule has 0 bridgehead atoms. The summed E-state index contributed by atoms with van der Waals surface area (Å²) in [5.74, 6) is -0.580. The zero-order chi connectivity index (χ0) is 17.0. The van der Waals surface area contributed by atoms with Crippen molar-refractivity contribution in [2.75, 3.05) is 0 Å². The Morgan fingerprint density at radius 2 is 2.13 bits per heavy atom. The topological polar surface area (TPSA) is 93.1 Å². The SMILES string of the molecule is CC[C@@H](C)NC(=O)NC(=O)Cn1cnc2ccc(Br)cc2c1=O. The molecule has 2 aromatic rings. The van der Waals surface area contributed by atoms with Gasteiger partial charge in [0.05, 0.1) is 17.2 Å². The summed E-state index contributed by atoms with van der Waals surface area (Å²) in [7, 11) is 0. The van der Waals surface area contributed by atoms with Crippen LogP contribution in [0.3, 0.4) is 0 Å². The Hall–Kier alpha value is -2.22. The first-order chi connectivity index (χ1) is 10.9. The molecule has 0 saturated carbocycles. The molecule has 0 radical (unpaired) electrons. The lowest BCUT2D eigenvalue weighted by molar-refractivity contribution is -0.120. The van der Waals surface area contributed by atoms with Crippen LogP contribution in [0.1, 0.15) is 20.3 Å². The van der Waals surface area contributed by atoms with Crippen molar-refractivity contribution in [1.82, 2.24) is 20.2 Å². The molecular formula is C15H17BrN4O3. The lowest BCUT2D eigenvalue weighted by Gasteiger charge is -2.12. The van der Waals surface area contributed by atoms with Crippen molar-refractivity contribution in [1.29, 1.82) is 0 Å². The van der Waals surface area contributed by atoms with Gasteiger partial charge in [-0.15, -0.1) is 0 Å². The monoisotopic (exact) mass is 380 g/mol. The molecule has 1 heterocycles. The van der Waals surface area contributed by atoms with Gasteiger partial charge in [-0.1, -0.05) is 22.9 Å². The summed E-state index contributed by atoms with van der Waals surface area (Å²) >= 11 is 3.30. The van der Waals surface area contributed by atoms with Crippen LogP contribution in [0.25, 0.3) is 10.9 Å². The predicted molar refractivity (Wildman–Crippen MR) is 90.1 cm³/mol. The Kier molecular flexibility index (Phi) is 5.49. The van der Waals surface area contributed by atoms with Gasteiger partial charge in [-0.3, -0.25) is 19.5 Å². The molecule has 2 rings (SSSR count). The highest BCUT2D eigenvalue weighted by atomic mass is 79.9. The van der Waals surface area contributed by atoms with E-state index in [0.29, 0.717) is 10.9 Å². The Morgan fingerprint density at radius 1 is 1.39 bits per heavy atom. The molecule has 0 saturated heterocycles. The third-order valence-electron chi connectivity index (χ3n) is 3.34. The minimum absolute atomic E-state index is 0.0368. The number of hydrogen-bond donors (Lipinski definition) is 2. The lowest BCUT2D eigenvalue weighted by atomic mass is 10.2. The molecule has 0 aliphatic carbocycles. The van der Waals surface area contributed by atoms with E-state index in [1.807, 2.05) is 13.8 Å². The normalized spacial score (nSPS) is 12.0. The Labute approximate surface area is 141 Å². The highest BCUT2D eigenvalue weighted by molar-refractivity contribution is 9.10. The van der Waals surface area contributed by atoms with Crippen LogP contribution in [0, 0.1) is 0 Å². The van der Waals surface area contributed by atoms with Gasteiger partial charge in [0.2, 0.25) is 5.91 Å². The van der Waals surface area contributed by atoms with Gasteiger partial charge in [0.15, 0.2) is 0 Å². The molecule has 0 aliphatic rings. The first kappa shape index (κ1) is 17.1. The quantitative estimate of drug-likeness (QED) is 0.845. The van der Waals surface area contributed by atoms with E-state index in [9.17, 15) is 14.4 Å². The molecule has 0 spiro atoms. The number of halogens is 1. The molecular weight excluding hydrogens is 364 g/mol. The maximum atomic E-state index is 12.3. The van der Waals surface area contributed by atoms with E-state index in [2.05, 4.69) is 31.5 Å². The van der Waals surface area contributed by atoms with E-state index in [4.69, 9.17) is 0 Å². The van der Waals surface area contributed by atoms with Gasteiger partial charge in [0, 0.05) is 10.5 Å². The van der Waals surface area contributed by atoms with Crippen molar-refractivity contribution >= 4 is 38.8 Å². The number of imide groups is 1. The van der Waals surface area contributed by atoms with Crippen molar-refractivity contribution in [3.8, 4) is 0 Å². The van der Waals surface area contributed by atoms with Gasteiger partial charge >= 0.3 is 6.03 Å². The second kappa shape index (κ2) is 7.36. The van der Waals surface area contributed by atoms with E-state index in [1.165, 1.54) is 10.9 Å². The number of carbonyl (C=O) groups is 2. The van der Waals surface area contributed by atoms with Crippen molar-refractivity contribution in [3.63, 3.8) is 0 Å². The van der Waals surface area contributed by atoms with Crippen LogP contribution in [-0.4, -0.2) is 27.5 Å². The molecule has 23 heavy (non-hydrogen) atoms. The molecule has 0 unspecified atom stereocenters. The summed E-state index contributed by atoms with van der Waals surface area (Å²) in [6.07, 6.45) is 2.05. The molecule has 2 N–H and O–H groups in total. The van der Waals surface area contributed by atoms with E-state index in [0.717, 1.165) is 10.9 Å². The van der Waals surface area contributed by atoms with E-state index in [1.54, 1.807) is 18.2 Å². The second-order valence-electron chi connectivity index (χ2n) is 5.17. The van der Waals surface area contributed by atoms with E-state index >= 15 is 0 Å². The molecule has 1 aromatic heterocycles. The average molecular weight is 381 g/mol. The van der Waals surface area contributed by atoms with Gasteiger partial charge in [-0.05, 0) is 31.5 Å². The van der Waals surface area contributed by atoms with Crippen LogP contribution in [0.4, 0.5) is 4.79 Å². The smallest absolute Gasteiger partial charge is 0.321 e. The molecule has 122 valence electrons. The highest BCUT2D eigenvalue weighted by Crippen LogP contribution is 2.14. The molecule has 1 atom stereocenters. The second-order valence-corrected chi connectivity index (χ2v) is 6.09. The fourth-order valence-electron chi connectivity index (χ4n) is 1.93. The zero-order valence-electron chi connectivity index (χ0n) is 12.8. The summed E-state index contributed by atoms with van der Waals surface area (Å²) < 4.78 is 1.92. The summed E-state index contributed by atoms with van der Waals surface area (Å²) in [5.41, 5.74) is 0.207. The number of aromatic nitrogens is 2. The van der Waals surface area contributed by atoms with Crippen LogP contribution in [-0.2, 0) is 11.3 Å². The lowest BCUT2D eigenvalue weighted by Crippen LogP contribution is -2.45. The van der Waals surface area contributed by atoms with E-state index in [-0.39, 0.29) is 18.1 Å². The number of fused-ring (bicyclic) bond motifs is 1. The fraction of sp³-hybridized carbons (Fsp3) is 0.333. The number of benzene rings is 1. The minimum atomic E-state index is -0.580. The molecule has 1 aromatic carbocycles. The van der Waals surface area contributed by atoms with Crippen LogP contribution in [0.5, 0.6) is 0 Å². The largest absolute Gasteiger partial charge is 0.335 e. The van der Waals surface area contributed by atoms with Gasteiger partial charge in [0.25, 0.3) is 5.56 Å². The van der Waals surface area contributed by atoms with Gasteiger partial charge in [-0.2, -0.15) is 0 Å². The zero-order valence-corrected chi connectivity index (χ0v) is 14.4. The first-order valence-electron chi connectivity index (χ1n) is 7.15. The van der Waals surface area contributed by atoms with Crippen molar-refractivity contribution < 1.29 is 9.59 Å². The first-order valence-corrected chi connectivity index (χ1v) is 7.95. The maximum absolute atomic E-state index is 12.3. The summed E-state index contributed by atoms with van der Waals surface area (Å²) in [6, 6.07) is 4.53. The van der Waals surface area contributed by atoms with Crippen LogP contribution in [0.2, 0.25) is 0 Å². The summed E-state index contributed by atoms with van der Waals surface area (Å²) in [6.45, 7) is 3.48. The predicted octanol–water partition coefficient (Wildman–Crippen LogP) is 1.78. The van der Waals surface area contributed by atoms with Gasteiger partial charge in [-0.25, -0.2) is 9.78 Å².